The van der Waals surface area contributed by atoms with Crippen LogP contribution in [0.1, 0.15) is 16.1 Å². The second-order valence-electron chi connectivity index (χ2n) is 5.70. The number of carbonyl (C=O) groups excluding carboxylic acids is 1. The molecule has 2 aromatic carbocycles. The number of halogens is 2. The molecular formula is C21H16Cl2N2O3. The summed E-state index contributed by atoms with van der Waals surface area (Å²) in [6, 6.07) is 14.3. The maximum Gasteiger partial charge on any atom is 0.257 e. The Kier molecular flexibility index (Phi) is 6.59. The van der Waals surface area contributed by atoms with E-state index in [0.717, 1.165) is 0 Å². The van der Waals surface area contributed by atoms with E-state index in [0.29, 0.717) is 38.4 Å². The molecule has 5 nitrogen and oxygen atoms in total. The summed E-state index contributed by atoms with van der Waals surface area (Å²) < 4.78 is 10.7. The number of amides is 1. The third-order valence-corrected chi connectivity index (χ3v) is 4.46. The van der Waals surface area contributed by atoms with Gasteiger partial charge < -0.3 is 14.6 Å². The Labute approximate surface area is 172 Å². The van der Waals surface area contributed by atoms with Crippen LogP contribution < -0.4 is 10.1 Å². The van der Waals surface area contributed by atoms with Crippen molar-refractivity contribution in [2.75, 3.05) is 13.2 Å². The molecule has 0 saturated heterocycles. The lowest BCUT2D eigenvalue weighted by Gasteiger charge is -2.04. The Hall–Kier alpha value is -2.94. The minimum absolute atomic E-state index is 0.150. The third kappa shape index (κ3) is 4.66. The van der Waals surface area contributed by atoms with Crippen LogP contribution in [0.2, 0.25) is 10.0 Å². The van der Waals surface area contributed by atoms with Crippen molar-refractivity contribution >= 4 is 29.1 Å². The van der Waals surface area contributed by atoms with E-state index in [-0.39, 0.29) is 19.1 Å². The zero-order valence-electron chi connectivity index (χ0n) is 15.0. The van der Waals surface area contributed by atoms with Crippen molar-refractivity contribution in [3.05, 3.63) is 69.9 Å². The fourth-order valence-electron chi connectivity index (χ4n) is 2.48. The van der Waals surface area contributed by atoms with Crippen LogP contribution in [-0.4, -0.2) is 24.2 Å². The number of rotatable bonds is 5. The van der Waals surface area contributed by atoms with Gasteiger partial charge in [0.15, 0.2) is 0 Å². The van der Waals surface area contributed by atoms with E-state index in [1.807, 2.05) is 18.2 Å². The SMILES string of the molecule is Cc1onc(-c2ccccc2Cl)c1C(=O)NCC#CCOc1ccccc1Cl. The Morgan fingerprint density at radius 2 is 1.82 bits per heavy atom. The Balaban J connectivity index is 1.60. The van der Waals surface area contributed by atoms with Crippen LogP contribution in [0.15, 0.2) is 53.1 Å². The number of hydrogen-bond donors (Lipinski definition) is 1. The smallest absolute Gasteiger partial charge is 0.257 e. The summed E-state index contributed by atoms with van der Waals surface area (Å²) in [6.45, 7) is 1.99. The van der Waals surface area contributed by atoms with E-state index in [1.54, 1.807) is 37.3 Å². The topological polar surface area (TPSA) is 64.4 Å². The van der Waals surface area contributed by atoms with Gasteiger partial charge in [-0.2, -0.15) is 0 Å². The fraction of sp³-hybridized carbons (Fsp3) is 0.143. The van der Waals surface area contributed by atoms with Gasteiger partial charge in [0.1, 0.15) is 29.4 Å². The molecular weight excluding hydrogens is 399 g/mol. The molecule has 0 aliphatic rings. The average molecular weight is 415 g/mol. The van der Waals surface area contributed by atoms with Crippen molar-refractivity contribution in [3.8, 4) is 28.8 Å². The third-order valence-electron chi connectivity index (χ3n) is 3.82. The molecule has 28 heavy (non-hydrogen) atoms. The van der Waals surface area contributed by atoms with Crippen molar-refractivity contribution in [3.63, 3.8) is 0 Å². The monoisotopic (exact) mass is 414 g/mol. The number of para-hydroxylation sites is 1. The molecule has 7 heteroatoms. The number of aryl methyl sites for hydroxylation is 1. The molecule has 0 spiro atoms. The molecule has 0 unspecified atom stereocenters. The number of aromatic nitrogens is 1. The normalized spacial score (nSPS) is 10.1. The molecule has 0 radical (unpaired) electrons. The maximum absolute atomic E-state index is 12.6. The van der Waals surface area contributed by atoms with Crippen molar-refractivity contribution in [2.45, 2.75) is 6.92 Å². The molecule has 3 rings (SSSR count). The first-order valence-electron chi connectivity index (χ1n) is 8.40. The van der Waals surface area contributed by atoms with Crippen molar-refractivity contribution in [1.29, 1.82) is 0 Å². The van der Waals surface area contributed by atoms with Crippen LogP contribution in [0.25, 0.3) is 11.3 Å². The van der Waals surface area contributed by atoms with Crippen LogP contribution in [-0.2, 0) is 0 Å². The average Bonchev–Trinajstić information content (AvgIpc) is 3.07. The van der Waals surface area contributed by atoms with E-state index >= 15 is 0 Å². The van der Waals surface area contributed by atoms with Gasteiger partial charge in [0.2, 0.25) is 0 Å². The molecule has 0 bridgehead atoms. The second-order valence-corrected chi connectivity index (χ2v) is 6.51. The minimum Gasteiger partial charge on any atom is -0.479 e. The standard InChI is InChI=1S/C21H16Cl2N2O3/c1-14-19(20(25-28-14)15-8-2-3-9-16(15)22)21(26)24-12-6-7-13-27-18-11-5-4-10-17(18)23/h2-5,8-11H,12-13H2,1H3,(H,24,26). The van der Waals surface area contributed by atoms with E-state index in [9.17, 15) is 4.79 Å². The molecule has 0 aliphatic carbocycles. The molecule has 1 heterocycles. The van der Waals surface area contributed by atoms with E-state index in [4.69, 9.17) is 32.5 Å². The van der Waals surface area contributed by atoms with E-state index < -0.39 is 0 Å². The first kappa shape index (κ1) is 19.8. The molecule has 1 amide bonds. The first-order valence-corrected chi connectivity index (χ1v) is 9.16. The van der Waals surface area contributed by atoms with Gasteiger partial charge in [0.25, 0.3) is 5.91 Å². The summed E-state index contributed by atoms with van der Waals surface area (Å²) >= 11 is 12.2. The fourth-order valence-corrected chi connectivity index (χ4v) is 2.89. The predicted octanol–water partition coefficient (Wildman–Crippen LogP) is 4.77. The van der Waals surface area contributed by atoms with E-state index in [1.165, 1.54) is 0 Å². The largest absolute Gasteiger partial charge is 0.479 e. The molecule has 0 fully saturated rings. The van der Waals surface area contributed by atoms with Crippen molar-refractivity contribution in [1.82, 2.24) is 10.5 Å². The van der Waals surface area contributed by atoms with Crippen LogP contribution in [0.5, 0.6) is 5.75 Å². The molecule has 0 atom stereocenters. The lowest BCUT2D eigenvalue weighted by atomic mass is 10.1. The summed E-state index contributed by atoms with van der Waals surface area (Å²) in [7, 11) is 0. The highest BCUT2D eigenvalue weighted by Crippen LogP contribution is 2.30. The molecule has 0 saturated carbocycles. The quantitative estimate of drug-likeness (QED) is 0.610. The minimum atomic E-state index is -0.338. The first-order chi connectivity index (χ1) is 13.6. The van der Waals surface area contributed by atoms with Gasteiger partial charge in [-0.05, 0) is 25.1 Å². The van der Waals surface area contributed by atoms with Crippen molar-refractivity contribution < 1.29 is 14.1 Å². The number of carbonyl (C=O) groups is 1. The number of ether oxygens (including phenoxy) is 1. The molecule has 1 aromatic heterocycles. The lowest BCUT2D eigenvalue weighted by Crippen LogP contribution is -2.24. The lowest BCUT2D eigenvalue weighted by molar-refractivity contribution is 0.0957. The van der Waals surface area contributed by atoms with Gasteiger partial charge in [0, 0.05) is 5.56 Å². The van der Waals surface area contributed by atoms with Gasteiger partial charge in [-0.15, -0.1) is 0 Å². The number of nitrogens with zero attached hydrogens (tertiary/aromatic N) is 1. The van der Waals surface area contributed by atoms with Crippen LogP contribution in [0.4, 0.5) is 0 Å². The number of nitrogens with one attached hydrogen (secondary N) is 1. The molecule has 142 valence electrons. The Bertz CT molecular complexity index is 1050. The predicted molar refractivity (Wildman–Crippen MR) is 109 cm³/mol. The zero-order chi connectivity index (χ0) is 19.9. The summed E-state index contributed by atoms with van der Waals surface area (Å²) in [4.78, 5) is 12.6. The van der Waals surface area contributed by atoms with Crippen molar-refractivity contribution in [2.24, 2.45) is 0 Å². The van der Waals surface area contributed by atoms with Crippen LogP contribution in [0.3, 0.4) is 0 Å². The zero-order valence-corrected chi connectivity index (χ0v) is 16.5. The molecule has 1 N–H and O–H groups in total. The molecule has 3 aromatic rings. The number of hydrogen-bond acceptors (Lipinski definition) is 4. The van der Waals surface area contributed by atoms with Crippen LogP contribution in [0, 0.1) is 18.8 Å². The molecule has 0 aliphatic heterocycles. The van der Waals surface area contributed by atoms with E-state index in [2.05, 4.69) is 22.3 Å². The summed E-state index contributed by atoms with van der Waals surface area (Å²) in [5.41, 5.74) is 1.36. The number of benzene rings is 2. The van der Waals surface area contributed by atoms with Gasteiger partial charge in [-0.3, -0.25) is 4.79 Å². The van der Waals surface area contributed by atoms with Gasteiger partial charge in [-0.1, -0.05) is 70.5 Å². The second kappa shape index (κ2) is 9.32. The van der Waals surface area contributed by atoms with Gasteiger partial charge in [-0.25, -0.2) is 0 Å². The van der Waals surface area contributed by atoms with Crippen LogP contribution >= 0.6 is 23.2 Å². The summed E-state index contributed by atoms with van der Waals surface area (Å²) in [5, 5.41) is 7.72. The Morgan fingerprint density at radius 1 is 1.11 bits per heavy atom. The van der Waals surface area contributed by atoms with Gasteiger partial charge >= 0.3 is 0 Å². The van der Waals surface area contributed by atoms with Gasteiger partial charge in [0.05, 0.1) is 16.6 Å². The maximum atomic E-state index is 12.6. The Morgan fingerprint density at radius 3 is 2.57 bits per heavy atom. The highest BCUT2D eigenvalue weighted by Gasteiger charge is 2.22. The highest BCUT2D eigenvalue weighted by molar-refractivity contribution is 6.33. The summed E-state index contributed by atoms with van der Waals surface area (Å²) in [6.07, 6.45) is 0. The highest BCUT2D eigenvalue weighted by atomic mass is 35.5. The summed E-state index contributed by atoms with van der Waals surface area (Å²) in [5.74, 6) is 6.29.